The van der Waals surface area contributed by atoms with Gasteiger partial charge in [-0.15, -0.1) is 0 Å². The summed E-state index contributed by atoms with van der Waals surface area (Å²) in [5.74, 6) is -0.266. The standard InChI is InChI=1S/C11H19N3O3/c1-14-10(16)6-5-9(13-14)11(17)12-7-3-2-4-8-15/h15H,2-8H2,1H3,(H,12,17). The van der Waals surface area contributed by atoms with Gasteiger partial charge in [0.15, 0.2) is 0 Å². The molecule has 1 rings (SSSR count). The lowest BCUT2D eigenvalue weighted by Gasteiger charge is -2.18. The van der Waals surface area contributed by atoms with Crippen molar-refractivity contribution in [2.75, 3.05) is 20.2 Å². The van der Waals surface area contributed by atoms with Crippen LogP contribution in [0.3, 0.4) is 0 Å². The minimum Gasteiger partial charge on any atom is -0.396 e. The first-order valence-electron chi connectivity index (χ1n) is 5.88. The predicted molar refractivity (Wildman–Crippen MR) is 63.4 cm³/mol. The minimum absolute atomic E-state index is 0.0653. The van der Waals surface area contributed by atoms with E-state index in [0.717, 1.165) is 19.3 Å². The number of carbonyl (C=O) groups is 2. The number of amides is 2. The van der Waals surface area contributed by atoms with Crippen LogP contribution in [0.25, 0.3) is 0 Å². The Morgan fingerprint density at radius 3 is 2.82 bits per heavy atom. The van der Waals surface area contributed by atoms with Crippen LogP contribution in [0.2, 0.25) is 0 Å². The lowest BCUT2D eigenvalue weighted by atomic mass is 10.1. The topological polar surface area (TPSA) is 82.0 Å². The van der Waals surface area contributed by atoms with Crippen LogP contribution >= 0.6 is 0 Å². The van der Waals surface area contributed by atoms with Gasteiger partial charge in [-0.1, -0.05) is 0 Å². The van der Waals surface area contributed by atoms with Crippen molar-refractivity contribution in [3.05, 3.63) is 0 Å². The molecule has 17 heavy (non-hydrogen) atoms. The Kier molecular flexibility index (Phi) is 5.62. The molecule has 1 heterocycles. The van der Waals surface area contributed by atoms with Gasteiger partial charge >= 0.3 is 0 Å². The molecule has 1 aliphatic heterocycles. The summed E-state index contributed by atoms with van der Waals surface area (Å²) in [6.07, 6.45) is 3.24. The maximum absolute atomic E-state index is 11.7. The zero-order chi connectivity index (χ0) is 12.7. The molecule has 0 aliphatic carbocycles. The number of nitrogens with zero attached hydrogens (tertiary/aromatic N) is 2. The molecule has 0 bridgehead atoms. The molecule has 6 heteroatoms. The van der Waals surface area contributed by atoms with Crippen molar-refractivity contribution in [3.63, 3.8) is 0 Å². The molecule has 0 aromatic heterocycles. The van der Waals surface area contributed by atoms with Crippen molar-refractivity contribution in [2.24, 2.45) is 5.10 Å². The van der Waals surface area contributed by atoms with Crippen molar-refractivity contribution in [3.8, 4) is 0 Å². The molecule has 0 saturated carbocycles. The average Bonchev–Trinajstić information content (AvgIpc) is 2.32. The third kappa shape index (κ3) is 4.52. The summed E-state index contributed by atoms with van der Waals surface area (Å²) in [7, 11) is 1.55. The molecule has 6 nitrogen and oxygen atoms in total. The monoisotopic (exact) mass is 241 g/mol. The highest BCUT2D eigenvalue weighted by Crippen LogP contribution is 2.06. The van der Waals surface area contributed by atoms with Crippen LogP contribution in [-0.2, 0) is 9.59 Å². The molecule has 0 aromatic carbocycles. The third-order valence-corrected chi connectivity index (χ3v) is 2.59. The predicted octanol–water partition coefficient (Wildman–Crippen LogP) is -0.127. The van der Waals surface area contributed by atoms with E-state index in [1.807, 2.05) is 0 Å². The van der Waals surface area contributed by atoms with E-state index in [4.69, 9.17) is 5.11 Å². The molecule has 0 saturated heterocycles. The number of nitrogens with one attached hydrogen (secondary N) is 1. The summed E-state index contributed by atoms with van der Waals surface area (Å²) in [6, 6.07) is 0. The van der Waals surface area contributed by atoms with Gasteiger partial charge in [-0.3, -0.25) is 9.59 Å². The van der Waals surface area contributed by atoms with E-state index < -0.39 is 0 Å². The van der Waals surface area contributed by atoms with E-state index >= 15 is 0 Å². The highest BCUT2D eigenvalue weighted by molar-refractivity contribution is 6.39. The summed E-state index contributed by atoms with van der Waals surface area (Å²) < 4.78 is 0. The number of carbonyl (C=O) groups excluding carboxylic acids is 2. The lowest BCUT2D eigenvalue weighted by molar-refractivity contribution is -0.130. The van der Waals surface area contributed by atoms with Crippen LogP contribution < -0.4 is 5.32 Å². The number of hydrazone groups is 1. The SMILES string of the molecule is CN1N=C(C(=O)NCCCCCO)CCC1=O. The Labute approximate surface area is 101 Å². The molecular weight excluding hydrogens is 222 g/mol. The van der Waals surface area contributed by atoms with E-state index in [9.17, 15) is 9.59 Å². The molecular formula is C11H19N3O3. The molecule has 0 spiro atoms. The van der Waals surface area contributed by atoms with Crippen molar-refractivity contribution in [1.82, 2.24) is 10.3 Å². The summed E-state index contributed by atoms with van der Waals surface area (Å²) in [5, 5.41) is 16.5. The van der Waals surface area contributed by atoms with E-state index in [2.05, 4.69) is 10.4 Å². The van der Waals surface area contributed by atoms with Gasteiger partial charge in [-0.05, 0) is 19.3 Å². The minimum atomic E-state index is -0.201. The average molecular weight is 241 g/mol. The van der Waals surface area contributed by atoms with Gasteiger partial charge < -0.3 is 10.4 Å². The van der Waals surface area contributed by atoms with Gasteiger partial charge in [0.2, 0.25) is 5.91 Å². The zero-order valence-electron chi connectivity index (χ0n) is 10.1. The number of hydrogen-bond donors (Lipinski definition) is 2. The van der Waals surface area contributed by atoms with Crippen LogP contribution in [0.5, 0.6) is 0 Å². The van der Waals surface area contributed by atoms with Gasteiger partial charge in [-0.2, -0.15) is 5.10 Å². The van der Waals surface area contributed by atoms with E-state index in [1.54, 1.807) is 7.05 Å². The summed E-state index contributed by atoms with van der Waals surface area (Å²) in [6.45, 7) is 0.767. The first kappa shape index (κ1) is 13.6. The van der Waals surface area contributed by atoms with Crippen molar-refractivity contribution < 1.29 is 14.7 Å². The van der Waals surface area contributed by atoms with E-state index in [0.29, 0.717) is 25.1 Å². The number of aliphatic hydroxyl groups excluding tert-OH is 1. The molecule has 0 unspecified atom stereocenters. The molecule has 2 N–H and O–H groups in total. The number of unbranched alkanes of at least 4 members (excludes halogenated alkanes) is 2. The fourth-order valence-corrected chi connectivity index (χ4v) is 1.55. The van der Waals surface area contributed by atoms with Gasteiger partial charge in [0, 0.05) is 33.0 Å². The maximum Gasteiger partial charge on any atom is 0.267 e. The van der Waals surface area contributed by atoms with Crippen LogP contribution in [0.15, 0.2) is 5.10 Å². The molecule has 1 aliphatic rings. The van der Waals surface area contributed by atoms with Gasteiger partial charge in [0.05, 0.1) is 0 Å². The van der Waals surface area contributed by atoms with Gasteiger partial charge in [-0.25, -0.2) is 5.01 Å². The van der Waals surface area contributed by atoms with Crippen molar-refractivity contribution in [1.29, 1.82) is 0 Å². The molecule has 96 valence electrons. The Morgan fingerprint density at radius 1 is 1.41 bits per heavy atom. The van der Waals surface area contributed by atoms with Crippen LogP contribution in [0.4, 0.5) is 0 Å². The Hall–Kier alpha value is -1.43. The molecule has 0 radical (unpaired) electrons. The van der Waals surface area contributed by atoms with Gasteiger partial charge in [0.1, 0.15) is 5.71 Å². The first-order valence-corrected chi connectivity index (χ1v) is 5.88. The molecule has 0 fully saturated rings. The molecule has 0 atom stereocenters. The van der Waals surface area contributed by atoms with Crippen LogP contribution in [0, 0.1) is 0 Å². The quantitative estimate of drug-likeness (QED) is 0.636. The summed E-state index contributed by atoms with van der Waals surface area (Å²) in [5.41, 5.74) is 0.411. The van der Waals surface area contributed by atoms with Crippen LogP contribution in [0.1, 0.15) is 32.1 Å². The molecule has 2 amide bonds. The largest absolute Gasteiger partial charge is 0.396 e. The summed E-state index contributed by atoms with van der Waals surface area (Å²) >= 11 is 0. The Balaban J connectivity index is 2.28. The highest BCUT2D eigenvalue weighted by atomic mass is 16.3. The van der Waals surface area contributed by atoms with E-state index in [1.165, 1.54) is 5.01 Å². The smallest absolute Gasteiger partial charge is 0.267 e. The zero-order valence-corrected chi connectivity index (χ0v) is 10.1. The lowest BCUT2D eigenvalue weighted by Crippen LogP contribution is -2.37. The van der Waals surface area contributed by atoms with Crippen molar-refractivity contribution >= 4 is 17.5 Å². The van der Waals surface area contributed by atoms with Crippen molar-refractivity contribution in [2.45, 2.75) is 32.1 Å². The first-order chi connectivity index (χ1) is 8.15. The Bertz CT molecular complexity index is 315. The second-order valence-corrected chi connectivity index (χ2v) is 4.00. The highest BCUT2D eigenvalue weighted by Gasteiger charge is 2.21. The third-order valence-electron chi connectivity index (χ3n) is 2.59. The number of rotatable bonds is 6. The Morgan fingerprint density at radius 2 is 2.18 bits per heavy atom. The second kappa shape index (κ2) is 7.01. The number of hydrogen-bond acceptors (Lipinski definition) is 4. The normalized spacial score (nSPS) is 15.8. The summed E-state index contributed by atoms with van der Waals surface area (Å²) in [4.78, 5) is 22.8. The van der Waals surface area contributed by atoms with Crippen LogP contribution in [-0.4, -0.2) is 47.8 Å². The number of aliphatic hydroxyl groups is 1. The van der Waals surface area contributed by atoms with E-state index in [-0.39, 0.29) is 18.4 Å². The fraction of sp³-hybridized carbons (Fsp3) is 0.727. The van der Waals surface area contributed by atoms with Gasteiger partial charge in [0.25, 0.3) is 5.91 Å². The fourth-order valence-electron chi connectivity index (χ4n) is 1.55. The second-order valence-electron chi connectivity index (χ2n) is 4.00. The molecule has 0 aromatic rings. The maximum atomic E-state index is 11.7.